The predicted octanol–water partition coefficient (Wildman–Crippen LogP) is 4.74. The van der Waals surface area contributed by atoms with Crippen LogP contribution in [0.1, 0.15) is 22.8 Å². The van der Waals surface area contributed by atoms with Crippen LogP contribution in [0.2, 0.25) is 0 Å². The standard InChI is InChI=1S/C28H29N3O5/c1-18-17-30(13-14-31(18)28(32)19-9-11-25(34-3)26(15-19)35-4)27-21-16-20(33-2)10-12-23(21)36-24-8-6-5-7-22(24)29-27/h5-12,15-16,18H,13-14,17H2,1-4H3. The van der Waals surface area contributed by atoms with Crippen LogP contribution in [-0.2, 0) is 0 Å². The highest BCUT2D eigenvalue weighted by Gasteiger charge is 2.32. The Morgan fingerprint density at radius 3 is 2.47 bits per heavy atom. The normalized spacial score (nSPS) is 16.7. The zero-order valence-corrected chi connectivity index (χ0v) is 20.9. The Bertz CT molecular complexity index is 1320. The van der Waals surface area contributed by atoms with Crippen LogP contribution in [0, 0.1) is 0 Å². The highest BCUT2D eigenvalue weighted by Crippen LogP contribution is 2.39. The van der Waals surface area contributed by atoms with Crippen molar-refractivity contribution in [1.29, 1.82) is 0 Å². The number of carbonyl (C=O) groups excluding carboxylic acids is 1. The summed E-state index contributed by atoms with van der Waals surface area (Å²) >= 11 is 0. The fourth-order valence-electron chi connectivity index (χ4n) is 4.66. The fraction of sp³-hybridized carbons (Fsp3) is 0.286. The summed E-state index contributed by atoms with van der Waals surface area (Å²) in [5.74, 6) is 4.04. The zero-order chi connectivity index (χ0) is 25.2. The number of ether oxygens (including phenoxy) is 4. The Morgan fingerprint density at radius 1 is 0.917 bits per heavy atom. The molecule has 1 atom stereocenters. The summed E-state index contributed by atoms with van der Waals surface area (Å²) in [6, 6.07) is 18.7. The molecule has 8 heteroatoms. The molecule has 8 nitrogen and oxygen atoms in total. The molecule has 1 amide bonds. The van der Waals surface area contributed by atoms with Crippen molar-refractivity contribution in [3.63, 3.8) is 0 Å². The molecule has 2 heterocycles. The number of fused-ring (bicyclic) bond motifs is 2. The molecule has 1 saturated heterocycles. The summed E-state index contributed by atoms with van der Waals surface area (Å²) in [4.78, 5) is 22.5. The second-order valence-electron chi connectivity index (χ2n) is 8.73. The van der Waals surface area contributed by atoms with Gasteiger partial charge in [-0.15, -0.1) is 0 Å². The Morgan fingerprint density at radius 2 is 1.72 bits per heavy atom. The first-order chi connectivity index (χ1) is 17.5. The van der Waals surface area contributed by atoms with E-state index in [4.69, 9.17) is 23.9 Å². The van der Waals surface area contributed by atoms with Gasteiger partial charge in [-0.3, -0.25) is 4.79 Å². The van der Waals surface area contributed by atoms with Gasteiger partial charge in [0.15, 0.2) is 17.2 Å². The second kappa shape index (κ2) is 9.81. The molecule has 5 rings (SSSR count). The van der Waals surface area contributed by atoms with E-state index in [0.717, 1.165) is 28.6 Å². The monoisotopic (exact) mass is 487 g/mol. The van der Waals surface area contributed by atoms with Gasteiger partial charge in [0.25, 0.3) is 5.91 Å². The van der Waals surface area contributed by atoms with Crippen LogP contribution in [0.15, 0.2) is 65.7 Å². The Balaban J connectivity index is 1.43. The third kappa shape index (κ3) is 4.30. The molecule has 0 saturated carbocycles. The van der Waals surface area contributed by atoms with Gasteiger partial charge in [-0.2, -0.15) is 0 Å². The minimum Gasteiger partial charge on any atom is -0.497 e. The van der Waals surface area contributed by atoms with E-state index in [-0.39, 0.29) is 11.9 Å². The number of benzene rings is 3. The molecule has 186 valence electrons. The smallest absolute Gasteiger partial charge is 0.254 e. The number of amidine groups is 1. The number of hydrogen-bond donors (Lipinski definition) is 0. The van der Waals surface area contributed by atoms with Gasteiger partial charge < -0.3 is 28.7 Å². The molecule has 0 aromatic heterocycles. The van der Waals surface area contributed by atoms with E-state index < -0.39 is 0 Å². The van der Waals surface area contributed by atoms with E-state index in [1.165, 1.54) is 0 Å². The van der Waals surface area contributed by atoms with Crippen molar-refractivity contribution < 1.29 is 23.7 Å². The molecule has 3 aromatic rings. The molecule has 0 bridgehead atoms. The predicted molar refractivity (Wildman–Crippen MR) is 137 cm³/mol. The van der Waals surface area contributed by atoms with Crippen LogP contribution < -0.4 is 18.9 Å². The van der Waals surface area contributed by atoms with Crippen molar-refractivity contribution in [2.75, 3.05) is 41.0 Å². The number of piperazine rings is 1. The molecule has 0 N–H and O–H groups in total. The first-order valence-corrected chi connectivity index (χ1v) is 11.8. The molecular formula is C28H29N3O5. The van der Waals surface area contributed by atoms with Crippen LogP contribution in [0.5, 0.6) is 28.7 Å². The lowest BCUT2D eigenvalue weighted by Gasteiger charge is -2.41. The number of hydrogen-bond acceptors (Lipinski definition) is 7. The topological polar surface area (TPSA) is 72.8 Å². The summed E-state index contributed by atoms with van der Waals surface area (Å²) in [7, 11) is 4.79. The number of aliphatic imine (C=N–C) groups is 1. The van der Waals surface area contributed by atoms with Gasteiger partial charge >= 0.3 is 0 Å². The van der Waals surface area contributed by atoms with Crippen LogP contribution in [0.25, 0.3) is 0 Å². The SMILES string of the molecule is COc1ccc2c(c1)C(N1CCN(C(=O)c3ccc(OC)c(OC)c3)C(C)C1)=Nc1ccccc1O2. The molecule has 36 heavy (non-hydrogen) atoms. The number of para-hydroxylation sites is 2. The van der Waals surface area contributed by atoms with Crippen LogP contribution >= 0.6 is 0 Å². The molecule has 0 radical (unpaired) electrons. The second-order valence-corrected chi connectivity index (χ2v) is 8.73. The molecule has 1 fully saturated rings. The van der Waals surface area contributed by atoms with Gasteiger partial charge in [-0.1, -0.05) is 12.1 Å². The van der Waals surface area contributed by atoms with E-state index in [9.17, 15) is 4.79 Å². The third-order valence-corrected chi connectivity index (χ3v) is 6.56. The molecule has 3 aromatic carbocycles. The molecular weight excluding hydrogens is 458 g/mol. The summed E-state index contributed by atoms with van der Waals surface area (Å²) in [6.45, 7) is 3.85. The minimum absolute atomic E-state index is 0.0401. The van der Waals surface area contributed by atoms with Crippen LogP contribution in [-0.4, -0.2) is 68.5 Å². The quantitative estimate of drug-likeness (QED) is 0.529. The van der Waals surface area contributed by atoms with Crippen molar-refractivity contribution in [3.8, 4) is 28.7 Å². The third-order valence-electron chi connectivity index (χ3n) is 6.56. The molecule has 2 aliphatic heterocycles. The lowest BCUT2D eigenvalue weighted by atomic mass is 10.1. The van der Waals surface area contributed by atoms with Gasteiger partial charge in [0, 0.05) is 31.2 Å². The Hall–Kier alpha value is -4.20. The number of methoxy groups -OCH3 is 3. The van der Waals surface area contributed by atoms with Crippen molar-refractivity contribution >= 4 is 17.4 Å². The lowest BCUT2D eigenvalue weighted by Crippen LogP contribution is -2.55. The van der Waals surface area contributed by atoms with Crippen LogP contribution in [0.3, 0.4) is 0 Å². The largest absolute Gasteiger partial charge is 0.497 e. The van der Waals surface area contributed by atoms with E-state index in [1.54, 1.807) is 39.5 Å². The number of rotatable bonds is 4. The molecule has 0 aliphatic carbocycles. The number of carbonyl (C=O) groups is 1. The maximum Gasteiger partial charge on any atom is 0.254 e. The minimum atomic E-state index is -0.0458. The van der Waals surface area contributed by atoms with Crippen LogP contribution in [0.4, 0.5) is 5.69 Å². The van der Waals surface area contributed by atoms with E-state index >= 15 is 0 Å². The van der Waals surface area contributed by atoms with E-state index in [2.05, 4.69) is 11.8 Å². The summed E-state index contributed by atoms with van der Waals surface area (Å²) < 4.78 is 22.4. The maximum atomic E-state index is 13.4. The number of nitrogens with zero attached hydrogens (tertiary/aromatic N) is 3. The average Bonchev–Trinajstić information content (AvgIpc) is 3.08. The maximum absolute atomic E-state index is 13.4. The van der Waals surface area contributed by atoms with Gasteiger partial charge in [-0.25, -0.2) is 4.99 Å². The zero-order valence-electron chi connectivity index (χ0n) is 20.9. The first kappa shape index (κ1) is 23.5. The molecule has 2 aliphatic rings. The van der Waals surface area contributed by atoms with E-state index in [1.807, 2.05) is 47.4 Å². The highest BCUT2D eigenvalue weighted by molar-refractivity contribution is 6.04. The summed E-state index contributed by atoms with van der Waals surface area (Å²) in [6.07, 6.45) is 0. The number of amides is 1. The fourth-order valence-corrected chi connectivity index (χ4v) is 4.66. The van der Waals surface area contributed by atoms with E-state index in [0.29, 0.717) is 42.4 Å². The Labute approximate surface area is 210 Å². The molecule has 1 unspecified atom stereocenters. The summed E-state index contributed by atoms with van der Waals surface area (Å²) in [5.41, 5.74) is 2.19. The summed E-state index contributed by atoms with van der Waals surface area (Å²) in [5, 5.41) is 0. The highest BCUT2D eigenvalue weighted by atomic mass is 16.5. The van der Waals surface area contributed by atoms with Crippen molar-refractivity contribution in [2.45, 2.75) is 13.0 Å². The first-order valence-electron chi connectivity index (χ1n) is 11.8. The van der Waals surface area contributed by atoms with Crippen molar-refractivity contribution in [2.24, 2.45) is 4.99 Å². The Kier molecular flexibility index (Phi) is 6.41. The molecule has 0 spiro atoms. The van der Waals surface area contributed by atoms with Gasteiger partial charge in [0.05, 0.1) is 26.9 Å². The van der Waals surface area contributed by atoms with Gasteiger partial charge in [0.2, 0.25) is 0 Å². The van der Waals surface area contributed by atoms with Crippen molar-refractivity contribution in [1.82, 2.24) is 9.80 Å². The van der Waals surface area contributed by atoms with Gasteiger partial charge in [0.1, 0.15) is 23.0 Å². The van der Waals surface area contributed by atoms with Crippen molar-refractivity contribution in [3.05, 3.63) is 71.8 Å². The lowest BCUT2D eigenvalue weighted by molar-refractivity contribution is 0.0581. The van der Waals surface area contributed by atoms with Gasteiger partial charge in [-0.05, 0) is 55.5 Å². The average molecular weight is 488 g/mol.